The molecule has 0 spiro atoms. The molecule has 1 aliphatic rings. The van der Waals surface area contributed by atoms with E-state index in [9.17, 15) is 4.79 Å². The third kappa shape index (κ3) is 11.9. The lowest BCUT2D eigenvalue weighted by atomic mass is 9.89. The zero-order valence-corrected chi connectivity index (χ0v) is 18.7. The number of methoxy groups -OCH3 is 1. The maximum absolute atomic E-state index is 12.2. The molecule has 2 rings (SSSR count). The number of ether oxygens (including phenoxy) is 2. The van der Waals surface area contributed by atoms with Gasteiger partial charge in [-0.15, -0.1) is 0 Å². The van der Waals surface area contributed by atoms with Crippen molar-refractivity contribution in [3.05, 3.63) is 29.8 Å². The monoisotopic (exact) mass is 456 g/mol. The van der Waals surface area contributed by atoms with Crippen LogP contribution >= 0.6 is 0 Å². The number of aromatic hydroxyl groups is 1. The zero-order chi connectivity index (χ0) is 21.2. The molecule has 1 atom stereocenters. The normalized spacial score (nSPS) is 14.7. The van der Waals surface area contributed by atoms with Crippen LogP contribution in [-0.4, -0.2) is 30.4 Å². The van der Waals surface area contributed by atoms with Gasteiger partial charge in [0.05, 0.1) is 5.41 Å². The second kappa shape index (κ2) is 17.9. The average Bonchev–Trinajstić information content (AvgIpc) is 3.15. The van der Waals surface area contributed by atoms with Crippen molar-refractivity contribution in [2.24, 2.45) is 5.41 Å². The minimum atomic E-state index is -0.372. The molecule has 0 aromatic heterocycles. The van der Waals surface area contributed by atoms with Gasteiger partial charge in [-0.05, 0) is 76.0 Å². The molecule has 1 saturated carbocycles. The van der Waals surface area contributed by atoms with Crippen LogP contribution < -0.4 is 0 Å². The fourth-order valence-electron chi connectivity index (χ4n) is 3.23. The van der Waals surface area contributed by atoms with E-state index in [4.69, 9.17) is 14.6 Å². The van der Waals surface area contributed by atoms with E-state index >= 15 is 0 Å². The number of phenolic OH excluding ortho intramolecular Hbond substituents is 1. The van der Waals surface area contributed by atoms with Gasteiger partial charge < -0.3 is 14.6 Å². The minimum Gasteiger partial charge on any atom is -0.508 e. The highest BCUT2D eigenvalue weighted by atomic mass is 16.6. The summed E-state index contributed by atoms with van der Waals surface area (Å²) in [5, 5.41) is 9.01. The van der Waals surface area contributed by atoms with Crippen LogP contribution in [0.3, 0.4) is 0 Å². The van der Waals surface area contributed by atoms with Crippen molar-refractivity contribution in [3.63, 3.8) is 0 Å². The van der Waals surface area contributed by atoms with Crippen LogP contribution in [-0.2, 0) is 14.3 Å². The van der Waals surface area contributed by atoms with E-state index in [1.807, 2.05) is 32.9 Å². The van der Waals surface area contributed by atoms with E-state index in [1.54, 1.807) is 19.2 Å². The number of hydrogen-bond donors (Lipinski definition) is 1. The van der Waals surface area contributed by atoms with Crippen molar-refractivity contribution < 1.29 is 19.4 Å². The first kappa shape index (κ1) is 37.7. The molecule has 32 heavy (non-hydrogen) atoms. The van der Waals surface area contributed by atoms with Crippen LogP contribution in [0.4, 0.5) is 0 Å². The van der Waals surface area contributed by atoms with E-state index in [-0.39, 0.29) is 46.7 Å². The first-order valence-electron chi connectivity index (χ1n) is 10.7. The first-order chi connectivity index (χ1) is 13.2. The van der Waals surface area contributed by atoms with Gasteiger partial charge in [-0.3, -0.25) is 4.79 Å². The number of phenols is 1. The van der Waals surface area contributed by atoms with Gasteiger partial charge in [0.1, 0.15) is 11.4 Å². The molecular weight excluding hydrogens is 400 g/mol. The Hall–Kier alpha value is -1.55. The molecule has 0 amide bonds. The largest absolute Gasteiger partial charge is 0.508 e. The Bertz CT molecular complexity index is 572. The molecular formula is C28H56O4. The van der Waals surface area contributed by atoms with Gasteiger partial charge >= 0.3 is 5.97 Å². The predicted molar refractivity (Wildman–Crippen MR) is 142 cm³/mol. The molecule has 0 saturated heterocycles. The van der Waals surface area contributed by atoms with Crippen molar-refractivity contribution in [1.29, 1.82) is 0 Å². The van der Waals surface area contributed by atoms with Gasteiger partial charge in [-0.25, -0.2) is 0 Å². The maximum atomic E-state index is 12.2. The molecule has 1 aromatic carbocycles. The molecule has 1 N–H and O–H groups in total. The van der Waals surface area contributed by atoms with Crippen LogP contribution in [0.1, 0.15) is 121 Å². The first-order valence-corrected chi connectivity index (χ1v) is 10.7. The number of esters is 1. The Morgan fingerprint density at radius 2 is 1.56 bits per heavy atom. The molecule has 1 aromatic rings. The van der Waals surface area contributed by atoms with Crippen molar-refractivity contribution in [3.8, 4) is 5.75 Å². The number of carbonyl (C=O) groups excluding carboxylic acids is 1. The van der Waals surface area contributed by atoms with Crippen molar-refractivity contribution in [2.45, 2.75) is 121 Å². The third-order valence-corrected chi connectivity index (χ3v) is 6.10. The molecule has 192 valence electrons. The molecule has 4 heteroatoms. The number of benzene rings is 1. The summed E-state index contributed by atoms with van der Waals surface area (Å²) in [5.41, 5.74) is 0.674. The van der Waals surface area contributed by atoms with Crippen LogP contribution in [0.2, 0.25) is 0 Å². The Morgan fingerprint density at radius 3 is 1.97 bits per heavy atom. The second-order valence-corrected chi connectivity index (χ2v) is 8.66. The minimum absolute atomic E-state index is 0. The summed E-state index contributed by atoms with van der Waals surface area (Å²) in [7, 11) is 1.69. The summed E-state index contributed by atoms with van der Waals surface area (Å²) in [6, 6.07) is 7.43. The fraction of sp³-hybridized carbons (Fsp3) is 0.750. The van der Waals surface area contributed by atoms with Crippen LogP contribution in [0.15, 0.2) is 24.3 Å². The van der Waals surface area contributed by atoms with E-state index in [1.165, 1.54) is 5.56 Å². The molecule has 0 bridgehead atoms. The second-order valence-electron chi connectivity index (χ2n) is 8.66. The van der Waals surface area contributed by atoms with E-state index in [0.29, 0.717) is 18.3 Å². The lowest BCUT2D eigenvalue weighted by Gasteiger charge is -2.33. The quantitative estimate of drug-likeness (QED) is 0.397. The highest BCUT2D eigenvalue weighted by Gasteiger charge is 2.40. The molecule has 4 nitrogen and oxygen atoms in total. The Labute approximate surface area is 201 Å². The van der Waals surface area contributed by atoms with Crippen molar-refractivity contribution in [2.75, 3.05) is 13.7 Å². The van der Waals surface area contributed by atoms with E-state index in [0.717, 1.165) is 44.9 Å². The van der Waals surface area contributed by atoms with Crippen molar-refractivity contribution >= 4 is 5.97 Å². The molecule has 1 unspecified atom stereocenters. The fourth-order valence-corrected chi connectivity index (χ4v) is 3.23. The molecule has 1 fully saturated rings. The van der Waals surface area contributed by atoms with Gasteiger partial charge in [0.15, 0.2) is 0 Å². The molecule has 0 aliphatic heterocycles. The number of rotatable bonds is 8. The Kier molecular flexibility index (Phi) is 21.2. The summed E-state index contributed by atoms with van der Waals surface area (Å²) < 4.78 is 11.0. The molecule has 1 aliphatic carbocycles. The summed E-state index contributed by atoms with van der Waals surface area (Å²) in [6.07, 6.45) is 7.07. The summed E-state index contributed by atoms with van der Waals surface area (Å²) in [4.78, 5) is 12.2. The lowest BCUT2D eigenvalue weighted by molar-refractivity contribution is -0.172. The van der Waals surface area contributed by atoms with E-state index < -0.39 is 0 Å². The average molecular weight is 457 g/mol. The van der Waals surface area contributed by atoms with Gasteiger partial charge in [-0.1, -0.05) is 62.6 Å². The maximum Gasteiger partial charge on any atom is 0.312 e. The smallest absolute Gasteiger partial charge is 0.312 e. The van der Waals surface area contributed by atoms with Gasteiger partial charge in [0.25, 0.3) is 0 Å². The SMILES string of the molecule is C.C.C.C.CCC(C)(C)C(=O)OC1(CCOC)CCCC1.CCC(C)c1ccc(O)cc1. The Balaban J connectivity index is -0.000000232. The molecule has 0 heterocycles. The Morgan fingerprint density at radius 1 is 1.06 bits per heavy atom. The standard InChI is InChI=1S/C14H26O3.C10H14O.4CH4/c1-5-13(2,3)12(15)17-14(10-11-16-4)8-6-7-9-14;1-3-8(2)9-4-6-10(11)7-5-9;;;;/h5-11H2,1-4H3;4-8,11H,3H2,1-2H3;4*1H4. The van der Waals surface area contributed by atoms with Crippen LogP contribution in [0.25, 0.3) is 0 Å². The molecule has 0 radical (unpaired) electrons. The number of carbonyl (C=O) groups is 1. The van der Waals surface area contributed by atoms with Gasteiger partial charge in [0.2, 0.25) is 0 Å². The highest BCUT2D eigenvalue weighted by molar-refractivity contribution is 5.76. The summed E-state index contributed by atoms with van der Waals surface area (Å²) in [6.45, 7) is 10.9. The van der Waals surface area contributed by atoms with Crippen LogP contribution in [0.5, 0.6) is 5.75 Å². The number of hydrogen-bond acceptors (Lipinski definition) is 4. The van der Waals surface area contributed by atoms with Gasteiger partial charge in [0, 0.05) is 20.1 Å². The van der Waals surface area contributed by atoms with Crippen LogP contribution in [0, 0.1) is 5.41 Å². The van der Waals surface area contributed by atoms with E-state index in [2.05, 4.69) is 13.8 Å². The summed E-state index contributed by atoms with van der Waals surface area (Å²) >= 11 is 0. The third-order valence-electron chi connectivity index (χ3n) is 6.10. The topological polar surface area (TPSA) is 55.8 Å². The lowest BCUT2D eigenvalue weighted by Crippen LogP contribution is -2.38. The van der Waals surface area contributed by atoms with Gasteiger partial charge in [-0.2, -0.15) is 0 Å². The predicted octanol–water partition coefficient (Wildman–Crippen LogP) is 8.77. The zero-order valence-electron chi connectivity index (χ0n) is 18.7. The van der Waals surface area contributed by atoms with Crippen molar-refractivity contribution in [1.82, 2.24) is 0 Å². The summed E-state index contributed by atoms with van der Waals surface area (Å²) in [5.74, 6) is 0.880. The highest BCUT2D eigenvalue weighted by Crippen LogP contribution is 2.38.